The minimum absolute atomic E-state index is 0.208. The van der Waals surface area contributed by atoms with Gasteiger partial charge in [0.1, 0.15) is 0 Å². The summed E-state index contributed by atoms with van der Waals surface area (Å²) < 4.78 is 4.99. The van der Waals surface area contributed by atoms with Crippen LogP contribution in [-0.2, 0) is 9.53 Å². The third-order valence-electron chi connectivity index (χ3n) is 2.65. The van der Waals surface area contributed by atoms with Gasteiger partial charge < -0.3 is 14.9 Å². The Labute approximate surface area is 97.0 Å². The molecular formula is C11H23NO4. The van der Waals surface area contributed by atoms with Gasteiger partial charge in [-0.1, -0.05) is 6.92 Å². The molecule has 5 nitrogen and oxygen atoms in total. The molecular weight excluding hydrogens is 210 g/mol. The van der Waals surface area contributed by atoms with Crippen LogP contribution in [0.5, 0.6) is 0 Å². The molecule has 0 rings (SSSR count). The third-order valence-corrected chi connectivity index (χ3v) is 2.65. The van der Waals surface area contributed by atoms with Crippen LogP contribution in [0.15, 0.2) is 0 Å². The summed E-state index contributed by atoms with van der Waals surface area (Å²) >= 11 is 0. The molecule has 0 fully saturated rings. The average Bonchev–Trinajstić information content (AvgIpc) is 2.21. The molecule has 0 aromatic carbocycles. The molecule has 5 heteroatoms. The Morgan fingerprint density at radius 1 is 1.50 bits per heavy atom. The highest BCUT2D eigenvalue weighted by Gasteiger charge is 2.18. The van der Waals surface area contributed by atoms with Crippen molar-refractivity contribution in [1.29, 1.82) is 0 Å². The number of hydrogen-bond donors (Lipinski definition) is 2. The van der Waals surface area contributed by atoms with Gasteiger partial charge in [0, 0.05) is 26.2 Å². The molecule has 0 saturated heterocycles. The maximum atomic E-state index is 10.4. The second-order valence-electron chi connectivity index (χ2n) is 4.00. The molecule has 16 heavy (non-hydrogen) atoms. The number of methoxy groups -OCH3 is 1. The summed E-state index contributed by atoms with van der Waals surface area (Å²) in [7, 11) is 1.63. The van der Waals surface area contributed by atoms with Crippen molar-refractivity contribution in [3.05, 3.63) is 0 Å². The number of carbonyl (C=O) groups is 1. The van der Waals surface area contributed by atoms with Gasteiger partial charge in [0.25, 0.3) is 0 Å². The number of ether oxygens (including phenoxy) is 1. The van der Waals surface area contributed by atoms with Crippen molar-refractivity contribution in [2.75, 3.05) is 26.8 Å². The minimum atomic E-state index is -0.969. The number of rotatable bonds is 9. The molecule has 0 spiro atoms. The number of carboxylic acid groups (broad SMARTS) is 1. The molecule has 2 unspecified atom stereocenters. The van der Waals surface area contributed by atoms with Crippen molar-refractivity contribution in [3.63, 3.8) is 0 Å². The first-order valence-corrected chi connectivity index (χ1v) is 5.64. The van der Waals surface area contributed by atoms with Crippen LogP contribution in [0.1, 0.15) is 26.7 Å². The lowest BCUT2D eigenvalue weighted by Gasteiger charge is -2.29. The highest BCUT2D eigenvalue weighted by Crippen LogP contribution is 2.06. The normalized spacial score (nSPS) is 15.1. The van der Waals surface area contributed by atoms with Crippen LogP contribution in [0.4, 0.5) is 0 Å². The van der Waals surface area contributed by atoms with E-state index in [1.165, 1.54) is 0 Å². The fourth-order valence-corrected chi connectivity index (χ4v) is 1.50. The Kier molecular flexibility index (Phi) is 8.15. The van der Waals surface area contributed by atoms with E-state index in [0.717, 1.165) is 6.42 Å². The second-order valence-corrected chi connectivity index (χ2v) is 4.00. The van der Waals surface area contributed by atoms with E-state index in [2.05, 4.69) is 18.7 Å². The van der Waals surface area contributed by atoms with Crippen molar-refractivity contribution in [3.8, 4) is 0 Å². The summed E-state index contributed by atoms with van der Waals surface area (Å²) in [6.07, 6.45) is -0.0629. The summed E-state index contributed by atoms with van der Waals surface area (Å²) in [5, 5.41) is 18.1. The van der Waals surface area contributed by atoms with Crippen LogP contribution in [0.25, 0.3) is 0 Å². The lowest BCUT2D eigenvalue weighted by Crippen LogP contribution is -2.41. The van der Waals surface area contributed by atoms with Gasteiger partial charge in [-0.05, 0) is 13.3 Å². The van der Waals surface area contributed by atoms with Crippen LogP contribution in [0, 0.1) is 0 Å². The standard InChI is InChI=1S/C11H23NO4/c1-4-9(2)12(5-6-16-3)8-10(13)7-11(14)15/h9-10,13H,4-8H2,1-3H3,(H,14,15). The number of carboxylic acids is 1. The van der Waals surface area contributed by atoms with Gasteiger partial charge in [-0.2, -0.15) is 0 Å². The Morgan fingerprint density at radius 3 is 2.56 bits per heavy atom. The number of nitrogens with zero attached hydrogens (tertiary/aromatic N) is 1. The molecule has 96 valence electrons. The molecule has 0 saturated carbocycles. The Morgan fingerprint density at radius 2 is 2.12 bits per heavy atom. The van der Waals surface area contributed by atoms with E-state index in [1.54, 1.807) is 7.11 Å². The van der Waals surface area contributed by atoms with E-state index in [0.29, 0.717) is 25.7 Å². The van der Waals surface area contributed by atoms with Gasteiger partial charge >= 0.3 is 5.97 Å². The van der Waals surface area contributed by atoms with Crippen molar-refractivity contribution in [2.24, 2.45) is 0 Å². The molecule has 0 aliphatic carbocycles. The Hall–Kier alpha value is -0.650. The first kappa shape index (κ1) is 15.3. The van der Waals surface area contributed by atoms with Crippen LogP contribution < -0.4 is 0 Å². The monoisotopic (exact) mass is 233 g/mol. The van der Waals surface area contributed by atoms with Gasteiger partial charge in [-0.15, -0.1) is 0 Å². The summed E-state index contributed by atoms with van der Waals surface area (Å²) in [5.41, 5.74) is 0. The smallest absolute Gasteiger partial charge is 0.306 e. The largest absolute Gasteiger partial charge is 0.481 e. The molecule has 0 aliphatic heterocycles. The van der Waals surface area contributed by atoms with Crippen LogP contribution in [-0.4, -0.2) is 60.0 Å². The predicted molar refractivity (Wildman–Crippen MR) is 61.5 cm³/mol. The number of hydrogen-bond acceptors (Lipinski definition) is 4. The van der Waals surface area contributed by atoms with Crippen LogP contribution >= 0.6 is 0 Å². The predicted octanol–water partition coefficient (Wildman–Crippen LogP) is 0.569. The lowest BCUT2D eigenvalue weighted by atomic mass is 10.1. The van der Waals surface area contributed by atoms with Crippen molar-refractivity contribution in [2.45, 2.75) is 38.8 Å². The zero-order valence-corrected chi connectivity index (χ0v) is 10.3. The molecule has 0 amide bonds. The molecule has 0 bridgehead atoms. The van der Waals surface area contributed by atoms with E-state index in [4.69, 9.17) is 9.84 Å². The fourth-order valence-electron chi connectivity index (χ4n) is 1.50. The third kappa shape index (κ3) is 6.76. The first-order valence-electron chi connectivity index (χ1n) is 5.64. The molecule has 2 atom stereocenters. The lowest BCUT2D eigenvalue weighted by molar-refractivity contribution is -0.139. The minimum Gasteiger partial charge on any atom is -0.481 e. The highest BCUT2D eigenvalue weighted by atomic mass is 16.5. The van der Waals surface area contributed by atoms with E-state index in [-0.39, 0.29) is 6.42 Å². The summed E-state index contributed by atoms with van der Waals surface area (Å²) in [4.78, 5) is 12.5. The quantitative estimate of drug-likeness (QED) is 0.609. The van der Waals surface area contributed by atoms with Crippen molar-refractivity contribution < 1.29 is 19.7 Å². The molecule has 0 radical (unpaired) electrons. The zero-order valence-electron chi connectivity index (χ0n) is 10.3. The number of aliphatic hydroxyl groups is 1. The van der Waals surface area contributed by atoms with E-state index < -0.39 is 12.1 Å². The fraction of sp³-hybridized carbons (Fsp3) is 0.909. The molecule has 0 aromatic heterocycles. The van der Waals surface area contributed by atoms with Gasteiger partial charge in [0.2, 0.25) is 0 Å². The van der Waals surface area contributed by atoms with Crippen LogP contribution in [0.2, 0.25) is 0 Å². The van der Waals surface area contributed by atoms with Gasteiger partial charge in [0.05, 0.1) is 19.1 Å². The Bertz CT molecular complexity index is 198. The first-order chi connectivity index (χ1) is 7.51. The van der Waals surface area contributed by atoms with Gasteiger partial charge in [-0.3, -0.25) is 9.69 Å². The van der Waals surface area contributed by atoms with E-state index >= 15 is 0 Å². The van der Waals surface area contributed by atoms with Crippen molar-refractivity contribution in [1.82, 2.24) is 4.90 Å². The SMILES string of the molecule is CCC(C)N(CCOC)CC(O)CC(=O)O. The molecule has 0 aromatic rings. The second kappa shape index (κ2) is 8.50. The summed E-state index contributed by atoms with van der Waals surface area (Å²) in [5.74, 6) is -0.969. The van der Waals surface area contributed by atoms with E-state index in [9.17, 15) is 9.90 Å². The highest BCUT2D eigenvalue weighted by molar-refractivity contribution is 5.67. The molecule has 2 N–H and O–H groups in total. The topological polar surface area (TPSA) is 70.0 Å². The summed E-state index contributed by atoms with van der Waals surface area (Å²) in [6, 6.07) is 0.318. The van der Waals surface area contributed by atoms with E-state index in [1.807, 2.05) is 0 Å². The van der Waals surface area contributed by atoms with Crippen LogP contribution in [0.3, 0.4) is 0 Å². The maximum Gasteiger partial charge on any atom is 0.306 e. The Balaban J connectivity index is 4.12. The van der Waals surface area contributed by atoms with Gasteiger partial charge in [0.15, 0.2) is 0 Å². The van der Waals surface area contributed by atoms with Crippen molar-refractivity contribution >= 4 is 5.97 Å². The summed E-state index contributed by atoms with van der Waals surface area (Å²) in [6.45, 7) is 5.80. The maximum absolute atomic E-state index is 10.4. The number of aliphatic hydroxyl groups excluding tert-OH is 1. The molecule has 0 aliphatic rings. The average molecular weight is 233 g/mol. The zero-order chi connectivity index (χ0) is 12.6. The number of aliphatic carboxylic acids is 1. The molecule has 0 heterocycles. The van der Waals surface area contributed by atoms with Gasteiger partial charge in [-0.25, -0.2) is 0 Å².